The van der Waals surface area contributed by atoms with Crippen LogP contribution in [0.5, 0.6) is 0 Å². The Morgan fingerprint density at radius 2 is 1.39 bits per heavy atom. The Bertz CT molecular complexity index is 1350. The van der Waals surface area contributed by atoms with Gasteiger partial charge in [-0.05, 0) is 53.1 Å². The highest BCUT2D eigenvalue weighted by Gasteiger charge is 2.34. The van der Waals surface area contributed by atoms with E-state index in [1.54, 1.807) is 18.2 Å². The minimum absolute atomic E-state index is 0.0458. The minimum atomic E-state index is -4.84. The van der Waals surface area contributed by atoms with E-state index in [1.165, 1.54) is 12.1 Å². The lowest BCUT2D eigenvalue weighted by molar-refractivity contribution is -0.139. The summed E-state index contributed by atoms with van der Waals surface area (Å²) in [5.74, 6) is -2.79. The Kier molecular flexibility index (Phi) is 6.02. The van der Waals surface area contributed by atoms with Crippen LogP contribution in [-0.2, 0) is 12.6 Å². The highest BCUT2D eigenvalue weighted by Crippen LogP contribution is 2.36. The fourth-order valence-electron chi connectivity index (χ4n) is 3.82. The second kappa shape index (κ2) is 8.77. The van der Waals surface area contributed by atoms with Gasteiger partial charge in [0.15, 0.2) is 0 Å². The van der Waals surface area contributed by atoms with E-state index < -0.39 is 29.2 Å². The van der Waals surface area contributed by atoms with E-state index in [2.05, 4.69) is 6.58 Å². The smallest absolute Gasteiger partial charge is 0.206 e. The first-order valence-electron chi connectivity index (χ1n) is 10.2. The third-order valence-electron chi connectivity index (χ3n) is 5.52. The first-order chi connectivity index (χ1) is 15.7. The maximum absolute atomic E-state index is 15.2. The van der Waals surface area contributed by atoms with Crippen molar-refractivity contribution in [3.63, 3.8) is 0 Å². The number of benzene rings is 4. The lowest BCUT2D eigenvalue weighted by Crippen LogP contribution is -2.07. The SMILES string of the molecule is C=CCCc1ccc2c(F)c(-c3ccc(-c4ccc(C(F)(F)F)c(F)c4)c(F)c3)ccc2c1. The van der Waals surface area contributed by atoms with Crippen molar-refractivity contribution in [2.24, 2.45) is 0 Å². The quantitative estimate of drug-likeness (QED) is 0.208. The van der Waals surface area contributed by atoms with Crippen LogP contribution in [0, 0.1) is 17.5 Å². The fraction of sp³-hybridized carbons (Fsp3) is 0.111. The van der Waals surface area contributed by atoms with Gasteiger partial charge in [-0.3, -0.25) is 0 Å². The molecular weight excluding hydrogens is 438 g/mol. The fourth-order valence-corrected chi connectivity index (χ4v) is 3.82. The van der Waals surface area contributed by atoms with E-state index in [9.17, 15) is 22.0 Å². The van der Waals surface area contributed by atoms with Crippen LogP contribution in [0.25, 0.3) is 33.0 Å². The summed E-state index contributed by atoms with van der Waals surface area (Å²) in [4.78, 5) is 0. The van der Waals surface area contributed by atoms with Gasteiger partial charge in [0.05, 0.1) is 5.56 Å². The first-order valence-corrected chi connectivity index (χ1v) is 10.2. The van der Waals surface area contributed by atoms with E-state index >= 15 is 4.39 Å². The van der Waals surface area contributed by atoms with Crippen molar-refractivity contribution in [3.05, 3.63) is 108 Å². The molecule has 0 atom stereocenters. The number of fused-ring (bicyclic) bond motifs is 1. The molecular formula is C27H18F6. The predicted octanol–water partition coefficient (Wildman–Crippen LogP) is 8.73. The summed E-state index contributed by atoms with van der Waals surface area (Å²) >= 11 is 0. The summed E-state index contributed by atoms with van der Waals surface area (Å²) < 4.78 is 82.3. The van der Waals surface area contributed by atoms with Gasteiger partial charge in [0.1, 0.15) is 17.5 Å². The largest absolute Gasteiger partial charge is 0.419 e. The standard InChI is InChI=1S/C27H18F6/c1-2-3-4-16-5-9-21-17(13-16)7-11-22(26(21)30)19-6-10-20(24(28)14-19)18-8-12-23(25(29)15-18)27(31,32)33/h2,5-15H,1,3-4H2. The van der Waals surface area contributed by atoms with Crippen LogP contribution in [0.15, 0.2) is 79.4 Å². The van der Waals surface area contributed by atoms with Crippen LogP contribution in [0.1, 0.15) is 17.5 Å². The molecule has 0 spiro atoms. The molecule has 33 heavy (non-hydrogen) atoms. The van der Waals surface area contributed by atoms with E-state index in [1.807, 2.05) is 18.2 Å². The molecule has 0 unspecified atom stereocenters. The lowest BCUT2D eigenvalue weighted by atomic mass is 9.95. The summed E-state index contributed by atoms with van der Waals surface area (Å²) in [7, 11) is 0. The summed E-state index contributed by atoms with van der Waals surface area (Å²) in [5, 5.41) is 1.11. The van der Waals surface area contributed by atoms with Gasteiger partial charge < -0.3 is 0 Å². The lowest BCUT2D eigenvalue weighted by Gasteiger charge is -2.12. The number of rotatable bonds is 5. The number of halogens is 6. The molecule has 0 saturated carbocycles. The summed E-state index contributed by atoms with van der Waals surface area (Å²) in [6.07, 6.45) is -1.43. The average Bonchev–Trinajstić information content (AvgIpc) is 2.77. The van der Waals surface area contributed by atoms with Crippen molar-refractivity contribution in [1.29, 1.82) is 0 Å². The van der Waals surface area contributed by atoms with Gasteiger partial charge in [0.25, 0.3) is 0 Å². The van der Waals surface area contributed by atoms with Gasteiger partial charge >= 0.3 is 6.18 Å². The average molecular weight is 456 g/mol. The molecule has 0 N–H and O–H groups in total. The minimum Gasteiger partial charge on any atom is -0.206 e. The summed E-state index contributed by atoms with van der Waals surface area (Å²) in [5.41, 5.74) is -0.0536. The van der Waals surface area contributed by atoms with Gasteiger partial charge in [0, 0.05) is 16.5 Å². The molecule has 0 saturated heterocycles. The predicted molar refractivity (Wildman–Crippen MR) is 118 cm³/mol. The van der Waals surface area contributed by atoms with Crippen molar-refractivity contribution in [2.75, 3.05) is 0 Å². The van der Waals surface area contributed by atoms with Crippen LogP contribution in [0.2, 0.25) is 0 Å². The number of aryl methyl sites for hydroxylation is 1. The molecule has 168 valence electrons. The molecule has 6 heteroatoms. The first kappa shape index (κ1) is 22.6. The van der Waals surface area contributed by atoms with E-state index in [0.29, 0.717) is 17.5 Å². The topological polar surface area (TPSA) is 0 Å². The molecule has 0 fully saturated rings. The Balaban J connectivity index is 1.70. The number of allylic oxidation sites excluding steroid dienone is 1. The molecule has 0 bridgehead atoms. The zero-order valence-electron chi connectivity index (χ0n) is 17.3. The van der Waals surface area contributed by atoms with Crippen molar-refractivity contribution in [3.8, 4) is 22.3 Å². The summed E-state index contributed by atoms with van der Waals surface area (Å²) in [6.45, 7) is 3.69. The molecule has 0 heterocycles. The van der Waals surface area contributed by atoms with Crippen molar-refractivity contribution in [1.82, 2.24) is 0 Å². The normalized spacial score (nSPS) is 11.7. The number of hydrogen-bond donors (Lipinski definition) is 0. The Labute approximate surface area is 186 Å². The molecule has 4 rings (SSSR count). The van der Waals surface area contributed by atoms with Crippen molar-refractivity contribution in [2.45, 2.75) is 19.0 Å². The van der Waals surface area contributed by atoms with E-state index in [0.717, 1.165) is 35.9 Å². The third-order valence-corrected chi connectivity index (χ3v) is 5.52. The molecule has 0 aromatic heterocycles. The Morgan fingerprint density at radius 1 is 0.727 bits per heavy atom. The molecule has 0 aliphatic carbocycles. The van der Waals surface area contributed by atoms with Gasteiger partial charge in [-0.2, -0.15) is 13.2 Å². The number of alkyl halides is 3. The highest BCUT2D eigenvalue weighted by molar-refractivity contribution is 5.89. The van der Waals surface area contributed by atoms with Crippen LogP contribution in [0.3, 0.4) is 0 Å². The molecule has 4 aromatic rings. The maximum Gasteiger partial charge on any atom is 0.419 e. The van der Waals surface area contributed by atoms with Crippen LogP contribution in [0.4, 0.5) is 26.3 Å². The monoisotopic (exact) mass is 456 g/mol. The molecule has 0 amide bonds. The van der Waals surface area contributed by atoms with E-state index in [-0.39, 0.29) is 22.3 Å². The van der Waals surface area contributed by atoms with Gasteiger partial charge in [-0.25, -0.2) is 13.2 Å². The molecule has 4 aromatic carbocycles. The zero-order valence-corrected chi connectivity index (χ0v) is 17.3. The van der Waals surface area contributed by atoms with Crippen LogP contribution in [-0.4, -0.2) is 0 Å². The maximum atomic E-state index is 15.2. The third kappa shape index (κ3) is 4.51. The zero-order chi connectivity index (χ0) is 23.8. The Hall–Kier alpha value is -3.54. The van der Waals surface area contributed by atoms with Gasteiger partial charge in [-0.1, -0.05) is 54.6 Å². The molecule has 0 aliphatic rings. The van der Waals surface area contributed by atoms with Gasteiger partial charge in [-0.15, -0.1) is 6.58 Å². The molecule has 0 nitrogen and oxygen atoms in total. The van der Waals surface area contributed by atoms with Gasteiger partial charge in [0.2, 0.25) is 0 Å². The van der Waals surface area contributed by atoms with Crippen LogP contribution >= 0.6 is 0 Å². The second-order valence-electron chi connectivity index (χ2n) is 7.70. The van der Waals surface area contributed by atoms with Crippen molar-refractivity contribution < 1.29 is 26.3 Å². The second-order valence-corrected chi connectivity index (χ2v) is 7.70. The highest BCUT2D eigenvalue weighted by atomic mass is 19.4. The summed E-state index contributed by atoms with van der Waals surface area (Å²) in [6, 6.07) is 14.8. The number of hydrogen-bond acceptors (Lipinski definition) is 0. The molecule has 0 aliphatic heterocycles. The molecule has 0 radical (unpaired) electrons. The van der Waals surface area contributed by atoms with E-state index in [4.69, 9.17) is 0 Å². The Morgan fingerprint density at radius 3 is 2.06 bits per heavy atom. The van der Waals surface area contributed by atoms with Crippen molar-refractivity contribution >= 4 is 10.8 Å². The van der Waals surface area contributed by atoms with Crippen LogP contribution < -0.4 is 0 Å².